The Hall–Kier alpha value is -0.800. The van der Waals surface area contributed by atoms with E-state index in [0.29, 0.717) is 0 Å². The molecule has 4 heteroatoms. The third-order valence-electron chi connectivity index (χ3n) is 4.66. The lowest BCUT2D eigenvalue weighted by atomic mass is 9.81. The number of aromatic amines is 1. The van der Waals surface area contributed by atoms with Crippen molar-refractivity contribution in [2.45, 2.75) is 45.6 Å². The molecule has 1 heterocycles. The van der Waals surface area contributed by atoms with E-state index in [4.69, 9.17) is 23.8 Å². The van der Waals surface area contributed by atoms with Crippen molar-refractivity contribution in [3.8, 4) is 0 Å². The maximum atomic E-state index is 6.22. The normalized spacial score (nSPS) is 23.3. The SMILES string of the molecule is CC1CCC(CCn2c(=S)[nH]c3c(Cl)cccc32)CC1. The zero-order chi connectivity index (χ0) is 14.1. The lowest BCUT2D eigenvalue weighted by Gasteiger charge is -2.26. The molecule has 1 aliphatic carbocycles. The average molecular weight is 309 g/mol. The number of aromatic nitrogens is 2. The third-order valence-corrected chi connectivity index (χ3v) is 5.29. The number of halogens is 1. The van der Waals surface area contributed by atoms with Crippen molar-refractivity contribution in [3.63, 3.8) is 0 Å². The number of hydrogen-bond donors (Lipinski definition) is 1. The number of hydrogen-bond acceptors (Lipinski definition) is 1. The van der Waals surface area contributed by atoms with Crippen LogP contribution in [0, 0.1) is 16.6 Å². The number of rotatable bonds is 3. The van der Waals surface area contributed by atoms with E-state index in [1.807, 2.05) is 12.1 Å². The Morgan fingerprint density at radius 1 is 1.30 bits per heavy atom. The van der Waals surface area contributed by atoms with Crippen molar-refractivity contribution in [2.75, 3.05) is 0 Å². The predicted molar refractivity (Wildman–Crippen MR) is 87.9 cm³/mol. The van der Waals surface area contributed by atoms with E-state index in [1.54, 1.807) is 0 Å². The first-order chi connectivity index (χ1) is 9.65. The number of imidazole rings is 1. The van der Waals surface area contributed by atoms with Crippen molar-refractivity contribution >= 4 is 34.9 Å². The molecule has 0 spiro atoms. The van der Waals surface area contributed by atoms with Gasteiger partial charge < -0.3 is 9.55 Å². The number of benzene rings is 1. The number of H-pyrrole nitrogens is 1. The number of para-hydroxylation sites is 1. The summed E-state index contributed by atoms with van der Waals surface area (Å²) in [6.45, 7) is 3.37. The fourth-order valence-electron chi connectivity index (χ4n) is 3.30. The molecule has 0 bridgehead atoms. The summed E-state index contributed by atoms with van der Waals surface area (Å²) >= 11 is 11.7. The summed E-state index contributed by atoms with van der Waals surface area (Å²) in [5.41, 5.74) is 2.10. The molecule has 0 amide bonds. The smallest absolute Gasteiger partial charge is 0.178 e. The molecule has 1 fully saturated rings. The Bertz CT molecular complexity index is 650. The molecule has 1 aromatic carbocycles. The fraction of sp³-hybridized carbons (Fsp3) is 0.562. The topological polar surface area (TPSA) is 20.7 Å². The summed E-state index contributed by atoms with van der Waals surface area (Å²) in [4.78, 5) is 3.24. The average Bonchev–Trinajstić information content (AvgIpc) is 2.76. The number of nitrogens with one attached hydrogen (secondary N) is 1. The van der Waals surface area contributed by atoms with E-state index in [9.17, 15) is 0 Å². The molecular formula is C16H21ClN2S. The van der Waals surface area contributed by atoms with Gasteiger partial charge in [0.05, 0.1) is 16.1 Å². The maximum Gasteiger partial charge on any atom is 0.178 e. The molecular weight excluding hydrogens is 288 g/mol. The van der Waals surface area contributed by atoms with E-state index in [1.165, 1.54) is 32.1 Å². The Kier molecular flexibility index (Phi) is 4.18. The fourth-order valence-corrected chi connectivity index (χ4v) is 3.81. The van der Waals surface area contributed by atoms with Gasteiger partial charge in [0.2, 0.25) is 0 Å². The molecule has 2 nitrogen and oxygen atoms in total. The number of nitrogens with zero attached hydrogens (tertiary/aromatic N) is 1. The monoisotopic (exact) mass is 308 g/mol. The van der Waals surface area contributed by atoms with E-state index < -0.39 is 0 Å². The maximum absolute atomic E-state index is 6.22. The van der Waals surface area contributed by atoms with Crippen LogP contribution in [-0.4, -0.2) is 9.55 Å². The van der Waals surface area contributed by atoms with Gasteiger partial charge >= 0.3 is 0 Å². The van der Waals surface area contributed by atoms with Gasteiger partial charge in [-0.3, -0.25) is 0 Å². The molecule has 108 valence electrons. The molecule has 1 saturated carbocycles. The number of aryl methyl sites for hydroxylation is 1. The van der Waals surface area contributed by atoms with Crippen LogP contribution in [0.2, 0.25) is 5.02 Å². The van der Waals surface area contributed by atoms with Crippen LogP contribution in [0.5, 0.6) is 0 Å². The van der Waals surface area contributed by atoms with Gasteiger partial charge in [0.25, 0.3) is 0 Å². The van der Waals surface area contributed by atoms with Gasteiger partial charge in [0, 0.05) is 6.54 Å². The molecule has 0 unspecified atom stereocenters. The van der Waals surface area contributed by atoms with Crippen LogP contribution in [0.15, 0.2) is 18.2 Å². The Balaban J connectivity index is 1.76. The summed E-state index contributed by atoms with van der Waals surface area (Å²) in [6, 6.07) is 5.99. The minimum absolute atomic E-state index is 0.749. The van der Waals surface area contributed by atoms with Crippen LogP contribution in [0.3, 0.4) is 0 Å². The second kappa shape index (κ2) is 5.90. The molecule has 1 aliphatic rings. The Labute approximate surface area is 130 Å². The molecule has 0 atom stereocenters. The predicted octanol–water partition coefficient (Wildman–Crippen LogP) is 5.57. The zero-order valence-corrected chi connectivity index (χ0v) is 13.4. The minimum Gasteiger partial charge on any atom is -0.329 e. The molecule has 0 radical (unpaired) electrons. The second-order valence-electron chi connectivity index (χ2n) is 6.13. The minimum atomic E-state index is 0.749. The van der Waals surface area contributed by atoms with E-state index in [-0.39, 0.29) is 0 Å². The first kappa shape index (κ1) is 14.2. The van der Waals surface area contributed by atoms with Crippen molar-refractivity contribution < 1.29 is 0 Å². The molecule has 2 aromatic rings. The first-order valence-electron chi connectivity index (χ1n) is 7.52. The Morgan fingerprint density at radius 3 is 2.80 bits per heavy atom. The van der Waals surface area contributed by atoms with Gasteiger partial charge in [0.15, 0.2) is 4.77 Å². The second-order valence-corrected chi connectivity index (χ2v) is 6.92. The highest BCUT2D eigenvalue weighted by atomic mass is 35.5. The van der Waals surface area contributed by atoms with Crippen molar-refractivity contribution in [2.24, 2.45) is 11.8 Å². The molecule has 20 heavy (non-hydrogen) atoms. The van der Waals surface area contributed by atoms with Gasteiger partial charge in [-0.25, -0.2) is 0 Å². The van der Waals surface area contributed by atoms with Gasteiger partial charge in [0.1, 0.15) is 0 Å². The number of fused-ring (bicyclic) bond motifs is 1. The Morgan fingerprint density at radius 2 is 2.05 bits per heavy atom. The quantitative estimate of drug-likeness (QED) is 0.735. The van der Waals surface area contributed by atoms with E-state index in [2.05, 4.69) is 22.5 Å². The molecule has 0 saturated heterocycles. The molecule has 0 aliphatic heterocycles. The van der Waals surface area contributed by atoms with Crippen LogP contribution < -0.4 is 0 Å². The molecule has 1 N–H and O–H groups in total. The van der Waals surface area contributed by atoms with Gasteiger partial charge in [-0.05, 0) is 42.6 Å². The lowest BCUT2D eigenvalue weighted by molar-refractivity contribution is 0.269. The van der Waals surface area contributed by atoms with Crippen LogP contribution in [0.1, 0.15) is 39.0 Å². The summed E-state index contributed by atoms with van der Waals surface area (Å²) in [7, 11) is 0. The van der Waals surface area contributed by atoms with Crippen LogP contribution in [0.25, 0.3) is 11.0 Å². The van der Waals surface area contributed by atoms with Crippen LogP contribution in [-0.2, 0) is 6.54 Å². The van der Waals surface area contributed by atoms with Crippen molar-refractivity contribution in [3.05, 3.63) is 28.0 Å². The highest BCUT2D eigenvalue weighted by molar-refractivity contribution is 7.71. The van der Waals surface area contributed by atoms with Crippen LogP contribution >= 0.6 is 23.8 Å². The van der Waals surface area contributed by atoms with Gasteiger partial charge in [-0.15, -0.1) is 0 Å². The molecule has 3 rings (SSSR count). The first-order valence-corrected chi connectivity index (χ1v) is 8.31. The largest absolute Gasteiger partial charge is 0.329 e. The summed E-state index contributed by atoms with van der Waals surface area (Å²) in [6.07, 6.45) is 6.74. The van der Waals surface area contributed by atoms with Crippen molar-refractivity contribution in [1.82, 2.24) is 9.55 Å². The highest BCUT2D eigenvalue weighted by Crippen LogP contribution is 2.31. The lowest BCUT2D eigenvalue weighted by Crippen LogP contribution is -2.14. The molecule has 1 aromatic heterocycles. The highest BCUT2D eigenvalue weighted by Gasteiger charge is 2.18. The standard InChI is InChI=1S/C16H21ClN2S/c1-11-5-7-12(8-6-11)9-10-19-14-4-2-3-13(17)15(14)18-16(19)20/h2-4,11-12H,5-10H2,1H3,(H,18,20). The summed E-state index contributed by atoms with van der Waals surface area (Å²) < 4.78 is 2.99. The third kappa shape index (κ3) is 2.79. The van der Waals surface area contributed by atoms with Crippen LogP contribution in [0.4, 0.5) is 0 Å². The summed E-state index contributed by atoms with van der Waals surface area (Å²) in [5.74, 6) is 1.78. The van der Waals surface area contributed by atoms with Gasteiger partial charge in [-0.2, -0.15) is 0 Å². The van der Waals surface area contributed by atoms with Crippen molar-refractivity contribution in [1.29, 1.82) is 0 Å². The van der Waals surface area contributed by atoms with E-state index >= 15 is 0 Å². The van der Waals surface area contributed by atoms with Gasteiger partial charge in [-0.1, -0.05) is 50.3 Å². The zero-order valence-electron chi connectivity index (χ0n) is 11.9. The van der Waals surface area contributed by atoms with E-state index in [0.717, 1.165) is 39.2 Å². The summed E-state index contributed by atoms with van der Waals surface area (Å²) in [5, 5.41) is 0.749.